The Labute approximate surface area is 134 Å². The molecule has 1 N–H and O–H groups in total. The monoisotopic (exact) mass is 319 g/mol. The summed E-state index contributed by atoms with van der Waals surface area (Å²) in [6.07, 6.45) is 1.21. The average molecular weight is 320 g/mol. The number of hydrogen-bond donors (Lipinski definition) is 1. The second-order valence-electron chi connectivity index (χ2n) is 4.93. The normalized spacial score (nSPS) is 13.5. The Kier molecular flexibility index (Phi) is 5.46. The van der Waals surface area contributed by atoms with Gasteiger partial charge in [0.2, 0.25) is 0 Å². The van der Waals surface area contributed by atoms with Crippen molar-refractivity contribution in [2.75, 3.05) is 7.11 Å². The van der Waals surface area contributed by atoms with Gasteiger partial charge in [-0.25, -0.2) is 9.97 Å². The van der Waals surface area contributed by atoms with Gasteiger partial charge in [-0.1, -0.05) is 29.8 Å². The Morgan fingerprint density at radius 3 is 2.68 bits per heavy atom. The number of carbonyl (C=O) groups excluding carboxylic acids is 1. The molecule has 0 spiro atoms. The zero-order valence-electron chi connectivity index (χ0n) is 12.7. The lowest BCUT2D eigenvalue weighted by molar-refractivity contribution is 0.0643. The smallest absolute Gasteiger partial charge is 0.270 e. The lowest BCUT2D eigenvalue weighted by Crippen LogP contribution is -2.38. The van der Waals surface area contributed by atoms with Gasteiger partial charge in [-0.05, 0) is 26.0 Å². The number of halogens is 1. The number of methoxy groups -OCH3 is 1. The van der Waals surface area contributed by atoms with Crippen LogP contribution in [0.4, 0.5) is 0 Å². The van der Waals surface area contributed by atoms with Gasteiger partial charge in [-0.2, -0.15) is 0 Å². The number of amides is 1. The van der Waals surface area contributed by atoms with E-state index in [0.29, 0.717) is 16.5 Å². The fourth-order valence-electron chi connectivity index (χ4n) is 2.25. The van der Waals surface area contributed by atoms with Gasteiger partial charge in [0.15, 0.2) is 0 Å². The van der Waals surface area contributed by atoms with Gasteiger partial charge in [0.1, 0.15) is 17.6 Å². The molecule has 116 valence electrons. The van der Waals surface area contributed by atoms with Crippen molar-refractivity contribution in [3.8, 4) is 0 Å². The van der Waals surface area contributed by atoms with E-state index in [1.165, 1.54) is 0 Å². The largest absolute Gasteiger partial charge is 0.375 e. The van der Waals surface area contributed by atoms with Crippen molar-refractivity contribution in [2.24, 2.45) is 0 Å². The third kappa shape index (κ3) is 3.81. The van der Waals surface area contributed by atoms with Crippen LogP contribution < -0.4 is 5.32 Å². The topological polar surface area (TPSA) is 64.1 Å². The Bertz CT molecular complexity index is 663. The van der Waals surface area contributed by atoms with Crippen molar-refractivity contribution in [2.45, 2.75) is 26.0 Å². The zero-order chi connectivity index (χ0) is 16.1. The Morgan fingerprint density at radius 2 is 2.05 bits per heavy atom. The minimum absolute atomic E-state index is 0.271. The molecule has 0 saturated heterocycles. The first-order valence-corrected chi connectivity index (χ1v) is 7.28. The molecule has 2 unspecified atom stereocenters. The van der Waals surface area contributed by atoms with E-state index in [4.69, 9.17) is 16.3 Å². The van der Waals surface area contributed by atoms with Gasteiger partial charge in [-0.3, -0.25) is 4.79 Å². The lowest BCUT2D eigenvalue weighted by Gasteiger charge is -2.24. The predicted molar refractivity (Wildman–Crippen MR) is 84.9 cm³/mol. The van der Waals surface area contributed by atoms with Gasteiger partial charge >= 0.3 is 0 Å². The Morgan fingerprint density at radius 1 is 1.32 bits per heavy atom. The van der Waals surface area contributed by atoms with Crippen molar-refractivity contribution in [1.29, 1.82) is 0 Å². The highest BCUT2D eigenvalue weighted by Crippen LogP contribution is 2.27. The van der Waals surface area contributed by atoms with Crippen LogP contribution in [-0.2, 0) is 4.74 Å². The number of carbonyl (C=O) groups is 1. The van der Waals surface area contributed by atoms with E-state index in [0.717, 1.165) is 5.56 Å². The third-order valence-electron chi connectivity index (χ3n) is 3.29. The van der Waals surface area contributed by atoms with Crippen LogP contribution in [0.1, 0.15) is 34.9 Å². The van der Waals surface area contributed by atoms with E-state index in [1.807, 2.05) is 25.1 Å². The van der Waals surface area contributed by atoms with Crippen LogP contribution in [0.3, 0.4) is 0 Å². The van der Waals surface area contributed by atoms with Crippen LogP contribution in [0, 0.1) is 6.92 Å². The lowest BCUT2D eigenvalue weighted by atomic mass is 10.0. The molecule has 0 bridgehead atoms. The van der Waals surface area contributed by atoms with Crippen LogP contribution in [-0.4, -0.2) is 29.0 Å². The number of ether oxygens (including phenoxy) is 1. The van der Waals surface area contributed by atoms with Crippen molar-refractivity contribution in [1.82, 2.24) is 15.3 Å². The SMILES string of the molecule is COC(c1ccccc1Cl)C(C)NC(=O)c1ccnc(C)n1. The summed E-state index contributed by atoms with van der Waals surface area (Å²) in [4.78, 5) is 20.3. The van der Waals surface area contributed by atoms with Crippen LogP contribution in [0.2, 0.25) is 5.02 Å². The highest BCUT2D eigenvalue weighted by molar-refractivity contribution is 6.31. The molecule has 2 rings (SSSR count). The fourth-order valence-corrected chi connectivity index (χ4v) is 2.49. The van der Waals surface area contributed by atoms with Gasteiger partial charge in [0.25, 0.3) is 5.91 Å². The summed E-state index contributed by atoms with van der Waals surface area (Å²) in [7, 11) is 1.59. The number of nitrogens with zero attached hydrogens (tertiary/aromatic N) is 2. The molecule has 0 fully saturated rings. The molecule has 5 nitrogen and oxygen atoms in total. The molecule has 1 heterocycles. The summed E-state index contributed by atoms with van der Waals surface area (Å²) in [6, 6.07) is 8.72. The maximum Gasteiger partial charge on any atom is 0.270 e. The minimum Gasteiger partial charge on any atom is -0.375 e. The van der Waals surface area contributed by atoms with Gasteiger partial charge in [0, 0.05) is 23.9 Å². The minimum atomic E-state index is -0.347. The standard InChI is InChI=1S/C16H18ClN3O2/c1-10(15(22-3)12-6-4-5-7-13(12)17)19-16(21)14-8-9-18-11(2)20-14/h4-10,15H,1-3H3,(H,19,21). The molecule has 0 radical (unpaired) electrons. The maximum absolute atomic E-state index is 12.3. The van der Waals surface area contributed by atoms with Crippen LogP contribution >= 0.6 is 11.6 Å². The highest BCUT2D eigenvalue weighted by Gasteiger charge is 2.23. The van der Waals surface area contributed by atoms with E-state index in [2.05, 4.69) is 15.3 Å². The van der Waals surface area contributed by atoms with Crippen LogP contribution in [0.15, 0.2) is 36.5 Å². The van der Waals surface area contributed by atoms with E-state index < -0.39 is 0 Å². The van der Waals surface area contributed by atoms with Gasteiger partial charge < -0.3 is 10.1 Å². The molecule has 0 saturated carbocycles. The van der Waals surface area contributed by atoms with Crippen molar-refractivity contribution in [3.63, 3.8) is 0 Å². The van der Waals surface area contributed by atoms with Crippen molar-refractivity contribution < 1.29 is 9.53 Å². The van der Waals surface area contributed by atoms with Crippen molar-refractivity contribution in [3.05, 3.63) is 58.6 Å². The molecule has 1 aromatic carbocycles. The zero-order valence-corrected chi connectivity index (χ0v) is 13.5. The molecule has 1 aromatic heterocycles. The second-order valence-corrected chi connectivity index (χ2v) is 5.34. The molecular formula is C16H18ClN3O2. The number of aryl methyl sites for hydroxylation is 1. The summed E-state index contributed by atoms with van der Waals surface area (Å²) in [5.74, 6) is 0.279. The summed E-state index contributed by atoms with van der Waals surface area (Å²) < 4.78 is 5.51. The molecule has 2 atom stereocenters. The summed E-state index contributed by atoms with van der Waals surface area (Å²) in [5.41, 5.74) is 1.16. The van der Waals surface area contributed by atoms with E-state index in [1.54, 1.807) is 32.4 Å². The molecular weight excluding hydrogens is 302 g/mol. The molecule has 22 heavy (non-hydrogen) atoms. The summed E-state index contributed by atoms with van der Waals surface area (Å²) >= 11 is 6.20. The summed E-state index contributed by atoms with van der Waals surface area (Å²) in [6.45, 7) is 3.60. The van der Waals surface area contributed by atoms with Gasteiger partial charge in [-0.15, -0.1) is 0 Å². The predicted octanol–water partition coefficient (Wildman–Crippen LogP) is 2.94. The molecule has 0 aliphatic carbocycles. The van der Waals surface area contributed by atoms with E-state index >= 15 is 0 Å². The third-order valence-corrected chi connectivity index (χ3v) is 3.63. The molecule has 2 aromatic rings. The Hall–Kier alpha value is -1.98. The number of rotatable bonds is 5. The highest BCUT2D eigenvalue weighted by atomic mass is 35.5. The quantitative estimate of drug-likeness (QED) is 0.920. The van der Waals surface area contributed by atoms with Crippen LogP contribution in [0.25, 0.3) is 0 Å². The van der Waals surface area contributed by atoms with E-state index in [-0.39, 0.29) is 18.1 Å². The molecule has 1 amide bonds. The molecule has 6 heteroatoms. The van der Waals surface area contributed by atoms with Gasteiger partial charge in [0.05, 0.1) is 6.04 Å². The number of benzene rings is 1. The first-order valence-electron chi connectivity index (χ1n) is 6.90. The molecule has 0 aliphatic rings. The first-order chi connectivity index (χ1) is 10.5. The fraction of sp³-hybridized carbons (Fsp3) is 0.312. The number of nitrogens with one attached hydrogen (secondary N) is 1. The van der Waals surface area contributed by atoms with E-state index in [9.17, 15) is 4.79 Å². The van der Waals surface area contributed by atoms with Crippen LogP contribution in [0.5, 0.6) is 0 Å². The number of aromatic nitrogens is 2. The van der Waals surface area contributed by atoms with Crippen molar-refractivity contribution >= 4 is 17.5 Å². The number of hydrogen-bond acceptors (Lipinski definition) is 4. The summed E-state index contributed by atoms with van der Waals surface area (Å²) in [5, 5.41) is 3.49. The Balaban J connectivity index is 2.14. The molecule has 0 aliphatic heterocycles. The second kappa shape index (κ2) is 7.33. The average Bonchev–Trinajstić information content (AvgIpc) is 2.50. The first kappa shape index (κ1) is 16.4. The maximum atomic E-state index is 12.3.